The molecule has 0 aromatic carbocycles. The molecular weight excluding hydrogens is 1040 g/mol. The highest BCUT2D eigenvalue weighted by Gasteiger charge is 2.35. The molecule has 12 heterocycles. The fourth-order valence-corrected chi connectivity index (χ4v) is 5.56. The maximum atomic E-state index is 12.4. The summed E-state index contributed by atoms with van der Waals surface area (Å²) in [5.74, 6) is -2.11. The third-order valence-electron chi connectivity index (χ3n) is 7.77. The molecule has 12 aromatic rings. The summed E-state index contributed by atoms with van der Waals surface area (Å²) < 4.78 is 151. The zero-order chi connectivity index (χ0) is 57.8. The molecule has 0 aliphatic heterocycles. The van der Waals surface area contributed by atoms with Gasteiger partial charge in [-0.2, -0.15) is 31.6 Å². The van der Waals surface area contributed by atoms with Crippen LogP contribution in [0.3, 0.4) is 0 Å². The molecule has 25 heteroatoms. The van der Waals surface area contributed by atoms with E-state index in [0.29, 0.717) is 44.7 Å². The van der Waals surface area contributed by atoms with Crippen LogP contribution in [0, 0.1) is 39.3 Å². The van der Waals surface area contributed by atoms with Crippen LogP contribution in [0.25, 0.3) is 67.0 Å². The molecule has 0 saturated heterocycles. The maximum Gasteiger partial charge on any atom is 0.449 e. The molecule has 0 aliphatic rings. The summed E-state index contributed by atoms with van der Waals surface area (Å²) in [7, 11) is -3.26. The molecular formula is C51H56F6N2O16S. The first kappa shape index (κ1) is 65.4. The van der Waals surface area contributed by atoms with Crippen molar-refractivity contribution in [1.82, 2.24) is 0 Å². The van der Waals surface area contributed by atoms with Crippen LogP contribution in [0.1, 0.15) is 94.6 Å². The van der Waals surface area contributed by atoms with Gasteiger partial charge < -0.3 is 53.0 Å². The summed E-state index contributed by atoms with van der Waals surface area (Å²) in [4.78, 5) is 9.54. The number of hydrogen-bond donors (Lipinski definition) is 0. The molecule has 0 radical (unpaired) electrons. The van der Waals surface area contributed by atoms with Gasteiger partial charge in [0, 0.05) is 60.9 Å². The average molecular weight is 1100 g/mol. The summed E-state index contributed by atoms with van der Waals surface area (Å²) in [6.45, 7) is 24.0. The van der Waals surface area contributed by atoms with Gasteiger partial charge in [-0.25, -0.2) is 8.42 Å². The Balaban J connectivity index is 0.000000439. The van der Waals surface area contributed by atoms with Gasteiger partial charge >= 0.3 is 18.1 Å². The lowest BCUT2D eigenvalue weighted by Gasteiger charge is -1.98. The van der Waals surface area contributed by atoms with Crippen LogP contribution in [0.2, 0.25) is 0 Å². The van der Waals surface area contributed by atoms with Gasteiger partial charge in [0.1, 0.15) is 17.1 Å². The van der Waals surface area contributed by atoms with Gasteiger partial charge in [-0.3, -0.25) is 10.1 Å². The van der Waals surface area contributed by atoms with Crippen molar-refractivity contribution in [3.63, 3.8) is 0 Å². The van der Waals surface area contributed by atoms with Crippen molar-refractivity contribution >= 4 is 82.7 Å². The number of nitro groups is 1. The Morgan fingerprint density at radius 3 is 1.29 bits per heavy atom. The zero-order valence-electron chi connectivity index (χ0n) is 43.4. The van der Waals surface area contributed by atoms with E-state index in [1.54, 1.807) is 24.3 Å². The maximum absolute atomic E-state index is 12.4. The summed E-state index contributed by atoms with van der Waals surface area (Å²) in [5, 5.41) is 18.5. The second kappa shape index (κ2) is 32.5. The third kappa shape index (κ3) is 18.4. The summed E-state index contributed by atoms with van der Waals surface area (Å²) >= 11 is 0. The number of alkyl halides is 3. The second-order valence-electron chi connectivity index (χ2n) is 12.1. The minimum absolute atomic E-state index is 0.0585. The standard InChI is InChI=1S/C7H3F3O2.C7H3NO2.C7H6O4S.C6H2F2O2.C6H3FO2.C6H3NO4.6C2H6/c8-7(9,10)6-3-5-4(12-6)1-2-11-5;8-4-5-3-7-6(10-5)1-2-9-7;1-12(8,9)7-4-6-5(11-7)2-3-10-6;7-4-5-3(1-2-9-5)10-6(4)8;7-6-3-5-4(9-6)1-2-8-5;8-7(9)6-3-5-4(11-6)1-2-10-5;6*1-2/h1-3H;1-3H;2-4H,1H3;1-2H;1-3H;1-3H;6*1-2H3. The Hall–Kier alpha value is -8.66. The smallest absolute Gasteiger partial charge is 0.449 e. The van der Waals surface area contributed by atoms with E-state index in [9.17, 15) is 44.9 Å². The van der Waals surface area contributed by atoms with Crippen LogP contribution < -0.4 is 0 Å². The summed E-state index contributed by atoms with van der Waals surface area (Å²) in [6.07, 6.45) is 4.98. The summed E-state index contributed by atoms with van der Waals surface area (Å²) in [5.41, 5.74) is 4.00. The van der Waals surface area contributed by atoms with Crippen molar-refractivity contribution in [2.45, 2.75) is 94.4 Å². The highest BCUT2D eigenvalue weighted by molar-refractivity contribution is 7.90. The molecule has 0 N–H and O–H groups in total. The van der Waals surface area contributed by atoms with E-state index in [4.69, 9.17) is 40.6 Å². The highest BCUT2D eigenvalue weighted by atomic mass is 32.2. The van der Waals surface area contributed by atoms with Crippen LogP contribution in [0.15, 0.2) is 162 Å². The molecule has 18 nitrogen and oxygen atoms in total. The lowest BCUT2D eigenvalue weighted by molar-refractivity contribution is -0.401. The molecule has 0 saturated carbocycles. The van der Waals surface area contributed by atoms with Gasteiger partial charge in [-0.15, -0.1) is 0 Å². The zero-order valence-corrected chi connectivity index (χ0v) is 44.2. The minimum Gasteiger partial charge on any atom is -0.461 e. The number of nitrogens with zero attached hydrogens (tertiary/aromatic N) is 2. The predicted molar refractivity (Wildman–Crippen MR) is 268 cm³/mol. The minimum atomic E-state index is -4.44. The topological polar surface area (TPSA) is 259 Å². The molecule has 12 aromatic heterocycles. The Bertz CT molecular complexity index is 3460. The number of hydrogen-bond acceptors (Lipinski definition) is 17. The molecule has 0 atom stereocenters. The first-order valence-electron chi connectivity index (χ1n) is 23.1. The number of fused-ring (bicyclic) bond motifs is 6. The van der Waals surface area contributed by atoms with Gasteiger partial charge in [0.25, 0.3) is 6.01 Å². The van der Waals surface area contributed by atoms with Gasteiger partial charge in [0.05, 0.1) is 43.6 Å². The summed E-state index contributed by atoms with van der Waals surface area (Å²) in [6, 6.07) is 15.3. The number of nitriles is 1. The number of rotatable bonds is 2. The van der Waals surface area contributed by atoms with Gasteiger partial charge in [0.2, 0.25) is 37.9 Å². The molecule has 76 heavy (non-hydrogen) atoms. The number of halogens is 6. The van der Waals surface area contributed by atoms with E-state index in [0.717, 1.165) is 12.3 Å². The van der Waals surface area contributed by atoms with E-state index in [1.165, 1.54) is 74.0 Å². The number of sulfone groups is 1. The van der Waals surface area contributed by atoms with Crippen LogP contribution >= 0.6 is 0 Å². The van der Waals surface area contributed by atoms with Gasteiger partial charge in [0.15, 0.2) is 61.4 Å². The van der Waals surface area contributed by atoms with E-state index in [1.807, 2.05) is 89.2 Å². The molecule has 0 spiro atoms. The van der Waals surface area contributed by atoms with E-state index >= 15 is 0 Å². The van der Waals surface area contributed by atoms with Gasteiger partial charge in [-0.1, -0.05) is 83.1 Å². The highest BCUT2D eigenvalue weighted by Crippen LogP contribution is 2.34. The predicted octanol–water partition coefficient (Wildman–Crippen LogP) is 18.9. The quantitative estimate of drug-likeness (QED) is 0.0885. The Morgan fingerprint density at radius 1 is 0.500 bits per heavy atom. The van der Waals surface area contributed by atoms with Crippen molar-refractivity contribution in [2.24, 2.45) is 0 Å². The average Bonchev–Trinajstić information content (AvgIpc) is 4.22. The normalized spacial score (nSPS) is 9.97. The van der Waals surface area contributed by atoms with E-state index < -0.39 is 44.5 Å². The monoisotopic (exact) mass is 1100 g/mol. The van der Waals surface area contributed by atoms with E-state index in [-0.39, 0.29) is 39.1 Å². The molecule has 414 valence electrons. The lowest BCUT2D eigenvalue weighted by Crippen LogP contribution is -2.01. The van der Waals surface area contributed by atoms with Crippen molar-refractivity contribution in [1.29, 1.82) is 5.26 Å². The molecule has 12 rings (SSSR count). The lowest BCUT2D eigenvalue weighted by atomic mass is 10.4. The van der Waals surface area contributed by atoms with Crippen molar-refractivity contribution < 1.29 is 92.7 Å². The fraction of sp³-hybridized carbons (Fsp3) is 0.275. The van der Waals surface area contributed by atoms with Crippen LogP contribution in [0.4, 0.5) is 32.2 Å². The fourth-order valence-electron chi connectivity index (χ4n) is 5.00. The van der Waals surface area contributed by atoms with Crippen LogP contribution in [-0.2, 0) is 16.0 Å². The van der Waals surface area contributed by atoms with Crippen LogP contribution in [0.5, 0.6) is 0 Å². The second-order valence-corrected chi connectivity index (χ2v) is 14.1. The molecule has 0 fully saturated rings. The Morgan fingerprint density at radius 2 is 0.895 bits per heavy atom. The Labute approximate surface area is 430 Å². The van der Waals surface area contributed by atoms with E-state index in [2.05, 4.69) is 17.7 Å². The number of furan rings is 12. The van der Waals surface area contributed by atoms with Gasteiger partial charge in [-0.05, 0) is 0 Å². The molecule has 0 bridgehead atoms. The molecule has 0 aliphatic carbocycles. The van der Waals surface area contributed by atoms with Crippen molar-refractivity contribution in [3.05, 3.63) is 144 Å². The van der Waals surface area contributed by atoms with Crippen LogP contribution in [-0.4, -0.2) is 19.6 Å². The largest absolute Gasteiger partial charge is 0.461 e. The molecule has 0 unspecified atom stereocenters. The SMILES string of the molecule is CC.CC.CC.CC.CC.CC.CS(=O)(=O)c1cc2occc2o1.FC(F)(F)c1cc2occc2o1.Fc1cc2occc2o1.Fc1oc2ccoc2c1F.N#Cc1cc2occc2o1.O=[N+]([O-])c1cc2occc2o1. The first-order chi connectivity index (χ1) is 36.5. The Kier molecular flexibility index (Phi) is 28.0. The third-order valence-corrected chi connectivity index (χ3v) is 8.70. The van der Waals surface area contributed by atoms with Crippen molar-refractivity contribution in [2.75, 3.05) is 6.26 Å². The van der Waals surface area contributed by atoms with Crippen molar-refractivity contribution in [3.8, 4) is 6.07 Å². The molecule has 0 amide bonds. The first-order valence-corrected chi connectivity index (χ1v) is 25.0.